The number of carbonyl (C=O) groups is 1. The van der Waals surface area contributed by atoms with Crippen molar-refractivity contribution in [3.63, 3.8) is 0 Å². The lowest BCUT2D eigenvalue weighted by atomic mass is 10.0. The smallest absolute Gasteiger partial charge is 0.274 e. The highest BCUT2D eigenvalue weighted by atomic mass is 35.5. The second kappa shape index (κ2) is 9.84. The summed E-state index contributed by atoms with van der Waals surface area (Å²) in [7, 11) is 3.15. The van der Waals surface area contributed by atoms with E-state index in [0.29, 0.717) is 17.3 Å². The van der Waals surface area contributed by atoms with Gasteiger partial charge in [0.15, 0.2) is 0 Å². The van der Waals surface area contributed by atoms with Gasteiger partial charge < -0.3 is 4.90 Å². The van der Waals surface area contributed by atoms with Gasteiger partial charge in [-0.05, 0) is 85.5 Å². The van der Waals surface area contributed by atoms with Gasteiger partial charge in [-0.1, -0.05) is 41.9 Å². The number of rotatable bonds is 5. The Kier molecular flexibility index (Phi) is 6.70. The number of pyridine rings is 2. The van der Waals surface area contributed by atoms with E-state index in [2.05, 4.69) is 24.0 Å². The lowest BCUT2D eigenvalue weighted by Gasteiger charge is -2.17. The van der Waals surface area contributed by atoms with E-state index in [1.165, 1.54) is 22.1 Å². The third kappa shape index (κ3) is 4.43. The molecule has 4 aromatic rings. The molecule has 0 N–H and O–H groups in total. The number of amides is 1. The molecule has 194 valence electrons. The van der Waals surface area contributed by atoms with Crippen molar-refractivity contribution in [1.82, 2.24) is 14.5 Å². The van der Waals surface area contributed by atoms with Crippen LogP contribution in [0.1, 0.15) is 56.6 Å². The molecule has 1 aliphatic rings. The summed E-state index contributed by atoms with van der Waals surface area (Å²) < 4.78 is 17.0. The summed E-state index contributed by atoms with van der Waals surface area (Å²) >= 11 is 6.72. The topological polar surface area (TPSA) is 55.2 Å². The summed E-state index contributed by atoms with van der Waals surface area (Å²) in [5, 5.41) is 0.208. The highest BCUT2D eigenvalue weighted by molar-refractivity contribution is 6.31. The summed E-state index contributed by atoms with van der Waals surface area (Å²) in [4.78, 5) is 31.8. The van der Waals surface area contributed by atoms with Crippen molar-refractivity contribution in [2.75, 3.05) is 14.1 Å². The van der Waals surface area contributed by atoms with Crippen LogP contribution < -0.4 is 5.56 Å². The highest BCUT2D eigenvalue weighted by Crippen LogP contribution is 2.56. The van der Waals surface area contributed by atoms with E-state index in [0.717, 1.165) is 23.2 Å². The standard InChI is InChI=1S/C31H29ClFN3O2/c1-17-9-6-7-10-20(17)23-14-24(23)25-13-19(3)36(31(38)28(25)32)27-15-26(34-16-18(27)2)21-11-8-12-22(29(21)33)30(37)35(4)5/h6-13,15-16,23-24H,14H2,1-5H3/t23-,24+/m1/s1. The first kappa shape index (κ1) is 25.9. The molecule has 1 fully saturated rings. The van der Waals surface area contributed by atoms with Crippen LogP contribution >= 0.6 is 11.6 Å². The lowest BCUT2D eigenvalue weighted by Crippen LogP contribution is -2.23. The van der Waals surface area contributed by atoms with E-state index in [-0.39, 0.29) is 27.6 Å². The number of benzene rings is 2. The molecule has 0 unspecified atom stereocenters. The number of aromatic nitrogens is 2. The predicted octanol–water partition coefficient (Wildman–Crippen LogP) is 6.59. The molecule has 0 bridgehead atoms. The van der Waals surface area contributed by atoms with E-state index < -0.39 is 11.7 Å². The van der Waals surface area contributed by atoms with Crippen LogP contribution in [-0.4, -0.2) is 34.5 Å². The maximum absolute atomic E-state index is 15.4. The summed E-state index contributed by atoms with van der Waals surface area (Å²) in [5.41, 5.74) is 5.62. The van der Waals surface area contributed by atoms with Gasteiger partial charge in [0.25, 0.3) is 11.5 Å². The fraction of sp³-hybridized carbons (Fsp3) is 0.258. The Bertz CT molecular complexity index is 1640. The van der Waals surface area contributed by atoms with Gasteiger partial charge in [0.1, 0.15) is 10.8 Å². The maximum atomic E-state index is 15.4. The molecule has 0 saturated heterocycles. The molecule has 1 aliphatic carbocycles. The highest BCUT2D eigenvalue weighted by Gasteiger charge is 2.42. The number of aryl methyl sites for hydroxylation is 3. The van der Waals surface area contributed by atoms with Crippen molar-refractivity contribution in [2.24, 2.45) is 0 Å². The molecular formula is C31H29ClFN3O2. The molecule has 7 heteroatoms. The Hall–Kier alpha value is -3.77. The average Bonchev–Trinajstić information content (AvgIpc) is 3.68. The molecule has 5 nitrogen and oxygen atoms in total. The van der Waals surface area contributed by atoms with Crippen molar-refractivity contribution < 1.29 is 9.18 Å². The molecular weight excluding hydrogens is 501 g/mol. The summed E-state index contributed by atoms with van der Waals surface area (Å²) in [6.45, 7) is 5.83. The molecule has 0 radical (unpaired) electrons. The Morgan fingerprint density at radius 2 is 1.71 bits per heavy atom. The molecule has 0 aliphatic heterocycles. The monoisotopic (exact) mass is 529 g/mol. The number of carbonyl (C=O) groups excluding carboxylic acids is 1. The zero-order valence-corrected chi connectivity index (χ0v) is 22.8. The lowest BCUT2D eigenvalue weighted by molar-refractivity contribution is 0.0823. The minimum Gasteiger partial charge on any atom is -0.345 e. The van der Waals surface area contributed by atoms with Crippen LogP contribution in [0.5, 0.6) is 0 Å². The molecule has 1 amide bonds. The van der Waals surface area contributed by atoms with Crippen molar-refractivity contribution >= 4 is 17.5 Å². The third-order valence-corrected chi connectivity index (χ3v) is 7.75. The van der Waals surface area contributed by atoms with Gasteiger partial charge in [0.05, 0.1) is 16.9 Å². The van der Waals surface area contributed by atoms with E-state index in [1.807, 2.05) is 32.0 Å². The van der Waals surface area contributed by atoms with Crippen molar-refractivity contribution in [1.29, 1.82) is 0 Å². The molecule has 2 atom stereocenters. The van der Waals surface area contributed by atoms with Gasteiger partial charge in [0, 0.05) is 31.5 Å². The van der Waals surface area contributed by atoms with Crippen molar-refractivity contribution in [2.45, 2.75) is 39.0 Å². The Morgan fingerprint density at radius 1 is 1.00 bits per heavy atom. The fourth-order valence-corrected chi connectivity index (χ4v) is 5.51. The van der Waals surface area contributed by atoms with Crippen LogP contribution in [0.3, 0.4) is 0 Å². The van der Waals surface area contributed by atoms with Gasteiger partial charge in [-0.25, -0.2) is 4.39 Å². The zero-order chi connectivity index (χ0) is 27.3. The molecule has 1 saturated carbocycles. The second-order valence-electron chi connectivity index (χ2n) is 10.2. The quantitative estimate of drug-likeness (QED) is 0.293. The number of hydrogen-bond acceptors (Lipinski definition) is 3. The maximum Gasteiger partial charge on any atom is 0.274 e. The van der Waals surface area contributed by atoms with Gasteiger partial charge in [-0.2, -0.15) is 0 Å². The average molecular weight is 530 g/mol. The minimum absolute atomic E-state index is 0.0372. The largest absolute Gasteiger partial charge is 0.345 e. The van der Waals surface area contributed by atoms with E-state index in [4.69, 9.17) is 11.6 Å². The molecule has 5 rings (SSSR count). The van der Waals surface area contributed by atoms with Crippen LogP contribution in [0.15, 0.2) is 65.6 Å². The molecule has 38 heavy (non-hydrogen) atoms. The summed E-state index contributed by atoms with van der Waals surface area (Å²) in [5.74, 6) is -0.542. The van der Waals surface area contributed by atoms with Crippen molar-refractivity contribution in [3.8, 4) is 16.9 Å². The van der Waals surface area contributed by atoms with Crippen LogP contribution in [-0.2, 0) is 0 Å². The Balaban J connectivity index is 1.56. The number of halogens is 2. The van der Waals surface area contributed by atoms with E-state index in [9.17, 15) is 9.59 Å². The van der Waals surface area contributed by atoms with Crippen LogP contribution in [0.4, 0.5) is 4.39 Å². The second-order valence-corrected chi connectivity index (χ2v) is 10.6. The summed E-state index contributed by atoms with van der Waals surface area (Å²) in [6.07, 6.45) is 2.56. The first-order valence-corrected chi connectivity index (χ1v) is 12.9. The minimum atomic E-state index is -0.651. The van der Waals surface area contributed by atoms with Crippen LogP contribution in [0, 0.1) is 26.6 Å². The SMILES string of the molecule is Cc1ccccc1[C@H]1C[C@@H]1c1cc(C)n(-c2cc(-c3cccc(C(=O)N(C)C)c3F)ncc2C)c(=O)c1Cl. The molecule has 0 spiro atoms. The van der Waals surface area contributed by atoms with Crippen molar-refractivity contribution in [3.05, 3.63) is 115 Å². The Labute approximate surface area is 226 Å². The first-order chi connectivity index (χ1) is 18.1. The van der Waals surface area contributed by atoms with Gasteiger partial charge >= 0.3 is 0 Å². The van der Waals surface area contributed by atoms with Gasteiger partial charge in [0.2, 0.25) is 0 Å². The summed E-state index contributed by atoms with van der Waals surface area (Å²) in [6, 6.07) is 16.6. The van der Waals surface area contributed by atoms with E-state index >= 15 is 4.39 Å². The molecule has 2 aromatic heterocycles. The third-order valence-electron chi connectivity index (χ3n) is 7.37. The van der Waals surface area contributed by atoms with Crippen LogP contribution in [0.25, 0.3) is 16.9 Å². The predicted molar refractivity (Wildman–Crippen MR) is 149 cm³/mol. The first-order valence-electron chi connectivity index (χ1n) is 12.5. The van der Waals surface area contributed by atoms with E-state index in [1.54, 1.807) is 43.1 Å². The zero-order valence-electron chi connectivity index (χ0n) is 22.0. The normalized spacial score (nSPS) is 16.4. The molecule has 2 aromatic carbocycles. The van der Waals surface area contributed by atoms with Gasteiger partial charge in [-0.3, -0.25) is 19.1 Å². The van der Waals surface area contributed by atoms with Gasteiger partial charge in [-0.15, -0.1) is 0 Å². The fourth-order valence-electron chi connectivity index (χ4n) is 5.23. The Morgan fingerprint density at radius 3 is 2.42 bits per heavy atom. The molecule has 2 heterocycles. The number of nitrogens with zero attached hydrogens (tertiary/aromatic N) is 3. The number of hydrogen-bond donors (Lipinski definition) is 0. The van der Waals surface area contributed by atoms with Crippen LogP contribution in [0.2, 0.25) is 5.02 Å².